The molecule has 1 aromatic heterocycles. The van der Waals surface area contributed by atoms with E-state index < -0.39 is 8.07 Å². The Hall–Kier alpha value is -9.28. The summed E-state index contributed by atoms with van der Waals surface area (Å²) < 4.78 is 2.39. The van der Waals surface area contributed by atoms with Gasteiger partial charge in [-0.15, -0.1) is 0 Å². The Morgan fingerprint density at radius 3 is 1.38 bits per heavy atom. The van der Waals surface area contributed by atoms with Crippen molar-refractivity contribution in [3.05, 3.63) is 303 Å². The predicted octanol–water partition coefficient (Wildman–Crippen LogP) is 15.8. The largest absolute Gasteiger partial charge is 0.310 e. The zero-order chi connectivity index (χ0) is 48.6. The van der Waals surface area contributed by atoms with Crippen molar-refractivity contribution < 1.29 is 0 Å². The molecule has 0 spiro atoms. The molecule has 12 aromatic carbocycles. The lowest BCUT2D eigenvalue weighted by Crippen LogP contribution is -2.74. The summed E-state index contributed by atoms with van der Waals surface area (Å²) in [5, 5.41) is 10.4. The number of hydrogen-bond donors (Lipinski definition) is 0. The van der Waals surface area contributed by atoms with E-state index in [9.17, 15) is 0 Å². The van der Waals surface area contributed by atoms with Gasteiger partial charge in [0.2, 0.25) is 0 Å². The summed E-state index contributed by atoms with van der Waals surface area (Å²) in [6, 6.07) is 112. The molecule has 13 rings (SSSR count). The molecule has 0 bridgehead atoms. The van der Waals surface area contributed by atoms with Crippen LogP contribution in [0.3, 0.4) is 0 Å². The fraction of sp³-hybridized carbons (Fsp3) is 0. The fourth-order valence-electron chi connectivity index (χ4n) is 11.3. The van der Waals surface area contributed by atoms with E-state index >= 15 is 0 Å². The maximum Gasteiger partial charge on any atom is 0.179 e. The molecule has 1 heterocycles. The van der Waals surface area contributed by atoms with Crippen LogP contribution < -0.4 is 25.6 Å². The van der Waals surface area contributed by atoms with Crippen molar-refractivity contribution in [2.75, 3.05) is 4.90 Å². The highest BCUT2D eigenvalue weighted by Crippen LogP contribution is 2.41. The topological polar surface area (TPSA) is 8.17 Å². The summed E-state index contributed by atoms with van der Waals surface area (Å²) in [4.78, 5) is 2.41. The van der Waals surface area contributed by atoms with E-state index in [1.165, 1.54) is 86.7 Å². The van der Waals surface area contributed by atoms with Crippen LogP contribution in [-0.2, 0) is 0 Å². The van der Waals surface area contributed by atoms with Crippen LogP contribution in [-0.4, -0.2) is 12.6 Å². The molecule has 0 saturated heterocycles. The zero-order valence-electron chi connectivity index (χ0n) is 40.3. The molecular weight excluding hydrogens is 897 g/mol. The van der Waals surface area contributed by atoms with Crippen LogP contribution in [0.25, 0.3) is 71.6 Å². The van der Waals surface area contributed by atoms with Gasteiger partial charge in [0.25, 0.3) is 0 Å². The van der Waals surface area contributed by atoms with Gasteiger partial charge in [-0.05, 0) is 132 Å². The van der Waals surface area contributed by atoms with E-state index in [2.05, 4.69) is 313 Å². The molecule has 0 aliphatic carbocycles. The third-order valence-corrected chi connectivity index (χ3v) is 19.5. The average Bonchev–Trinajstić information content (AvgIpc) is 3.82. The molecular formula is C70H50N2Si. The SMILES string of the molecule is c1ccc(-n2c3ccccc3c3c(-c4ccc(-c5ccc(N(c6ccc([Si](c7ccccc7)(c7ccccc7)c7ccccc7)cc6)c6cccc(-c7ccc8ccccc8c7)c6)cc5)cc4)cccc32)cc1. The molecule has 0 N–H and O–H groups in total. The summed E-state index contributed by atoms with van der Waals surface area (Å²) in [5.74, 6) is 0. The molecule has 2 nitrogen and oxygen atoms in total. The summed E-state index contributed by atoms with van der Waals surface area (Å²) >= 11 is 0. The van der Waals surface area contributed by atoms with Crippen LogP contribution in [0.1, 0.15) is 0 Å². The van der Waals surface area contributed by atoms with Crippen LogP contribution in [0.4, 0.5) is 17.1 Å². The molecule has 0 unspecified atom stereocenters. The molecule has 0 amide bonds. The van der Waals surface area contributed by atoms with Crippen molar-refractivity contribution in [1.29, 1.82) is 0 Å². The van der Waals surface area contributed by atoms with E-state index in [1.807, 2.05) is 0 Å². The van der Waals surface area contributed by atoms with Gasteiger partial charge in [0.15, 0.2) is 8.07 Å². The second-order valence-corrected chi connectivity index (χ2v) is 22.7. The van der Waals surface area contributed by atoms with Crippen molar-refractivity contribution in [1.82, 2.24) is 4.57 Å². The highest BCUT2D eigenvalue weighted by atomic mass is 28.3. The first-order chi connectivity index (χ1) is 36.2. The highest BCUT2D eigenvalue weighted by molar-refractivity contribution is 7.19. The summed E-state index contributed by atoms with van der Waals surface area (Å²) in [6.07, 6.45) is 0. The standard InChI is InChI=1S/C70H50N2Si/c1-5-22-58(23-6-1)72-68-33-16-15-31-67(68)70-66(32-18-34-69(70)72)54-38-35-52(36-39-54)53-41-43-59(44-42-53)71(61-24-17-21-56(50-61)57-40-37-51-19-13-14-20-55(51)49-57)60-45-47-65(48-46-60)73(62-25-7-2-8-26-62,63-27-9-3-10-28-63)64-29-11-4-12-30-64/h1-50H. The smallest absolute Gasteiger partial charge is 0.179 e. The molecule has 3 heteroatoms. The van der Waals surface area contributed by atoms with E-state index in [1.54, 1.807) is 0 Å². The molecule has 73 heavy (non-hydrogen) atoms. The Balaban J connectivity index is 0.897. The molecule has 13 aromatic rings. The van der Waals surface area contributed by atoms with Gasteiger partial charge in [-0.1, -0.05) is 237 Å². The number of anilines is 3. The first-order valence-corrected chi connectivity index (χ1v) is 27.2. The Kier molecular flexibility index (Phi) is 11.3. The van der Waals surface area contributed by atoms with Gasteiger partial charge in [-0.25, -0.2) is 0 Å². The number of para-hydroxylation sites is 2. The second kappa shape index (κ2) is 18.8. The number of benzene rings is 12. The molecule has 0 fully saturated rings. The van der Waals surface area contributed by atoms with Gasteiger partial charge < -0.3 is 9.47 Å². The molecule has 344 valence electrons. The lowest BCUT2D eigenvalue weighted by molar-refractivity contribution is 1.18. The predicted molar refractivity (Wildman–Crippen MR) is 313 cm³/mol. The van der Waals surface area contributed by atoms with Crippen LogP contribution in [0.15, 0.2) is 303 Å². The minimum atomic E-state index is -2.72. The third-order valence-electron chi connectivity index (χ3n) is 14.7. The normalized spacial score (nSPS) is 11.6. The monoisotopic (exact) mass is 946 g/mol. The number of rotatable bonds is 11. The third kappa shape index (κ3) is 7.84. The van der Waals surface area contributed by atoms with Crippen molar-refractivity contribution in [3.63, 3.8) is 0 Å². The van der Waals surface area contributed by atoms with Gasteiger partial charge in [-0.2, -0.15) is 0 Å². The molecule has 0 atom stereocenters. The van der Waals surface area contributed by atoms with Crippen molar-refractivity contribution in [2.45, 2.75) is 0 Å². The second-order valence-electron chi connectivity index (χ2n) is 18.9. The van der Waals surface area contributed by atoms with E-state index in [0.717, 1.165) is 22.7 Å². The maximum atomic E-state index is 2.41. The number of fused-ring (bicyclic) bond motifs is 4. The summed E-state index contributed by atoms with van der Waals surface area (Å²) in [7, 11) is -2.72. The van der Waals surface area contributed by atoms with Crippen LogP contribution in [0, 0.1) is 0 Å². The number of nitrogens with zero attached hydrogens (tertiary/aromatic N) is 2. The first kappa shape index (κ1) is 43.7. The van der Waals surface area contributed by atoms with E-state index in [-0.39, 0.29) is 0 Å². The van der Waals surface area contributed by atoms with Crippen LogP contribution >= 0.6 is 0 Å². The Morgan fingerprint density at radius 1 is 0.274 bits per heavy atom. The summed E-state index contributed by atoms with van der Waals surface area (Å²) in [6.45, 7) is 0. The van der Waals surface area contributed by atoms with Crippen molar-refractivity contribution in [2.24, 2.45) is 0 Å². The Morgan fingerprint density at radius 2 is 0.740 bits per heavy atom. The lowest BCUT2D eigenvalue weighted by Gasteiger charge is -2.35. The number of aromatic nitrogens is 1. The van der Waals surface area contributed by atoms with Gasteiger partial charge in [0.05, 0.1) is 11.0 Å². The van der Waals surface area contributed by atoms with Crippen molar-refractivity contribution >= 4 is 78.5 Å². The number of hydrogen-bond acceptors (Lipinski definition) is 1. The fourth-order valence-corrected chi connectivity index (χ4v) is 16.1. The molecule has 0 radical (unpaired) electrons. The average molecular weight is 947 g/mol. The van der Waals surface area contributed by atoms with E-state index in [4.69, 9.17) is 0 Å². The van der Waals surface area contributed by atoms with Gasteiger partial charge >= 0.3 is 0 Å². The molecule has 0 aliphatic heterocycles. The minimum Gasteiger partial charge on any atom is -0.310 e. The van der Waals surface area contributed by atoms with Gasteiger partial charge in [0.1, 0.15) is 0 Å². The first-order valence-electron chi connectivity index (χ1n) is 25.2. The quantitative estimate of drug-likeness (QED) is 0.0926. The maximum absolute atomic E-state index is 2.72. The lowest BCUT2D eigenvalue weighted by atomic mass is 9.96. The van der Waals surface area contributed by atoms with Gasteiger partial charge in [-0.3, -0.25) is 0 Å². The molecule has 0 saturated carbocycles. The molecule has 0 aliphatic rings. The van der Waals surface area contributed by atoms with E-state index in [0.29, 0.717) is 0 Å². The van der Waals surface area contributed by atoms with Crippen molar-refractivity contribution in [3.8, 4) is 39.1 Å². The minimum absolute atomic E-state index is 1.09. The highest BCUT2D eigenvalue weighted by Gasteiger charge is 2.41. The summed E-state index contributed by atoms with van der Waals surface area (Å²) in [5.41, 5.74) is 14.0. The Bertz CT molecular complexity index is 3940. The van der Waals surface area contributed by atoms with Crippen LogP contribution in [0.5, 0.6) is 0 Å². The van der Waals surface area contributed by atoms with Gasteiger partial charge in [0, 0.05) is 33.5 Å². The zero-order valence-corrected chi connectivity index (χ0v) is 41.3. The van der Waals surface area contributed by atoms with Crippen LogP contribution in [0.2, 0.25) is 0 Å². The Labute approximate surface area is 428 Å².